The summed E-state index contributed by atoms with van der Waals surface area (Å²) in [4.78, 5) is 26.2. The number of nitrogens with zero attached hydrogens (tertiary/aromatic N) is 1. The summed E-state index contributed by atoms with van der Waals surface area (Å²) in [7, 11) is 0. The number of carbonyl (C=O) groups excluding carboxylic acids is 2. The van der Waals surface area contributed by atoms with Crippen molar-refractivity contribution in [1.82, 2.24) is 0 Å². The van der Waals surface area contributed by atoms with Crippen molar-refractivity contribution >= 4 is 23.3 Å². The molecular formula is C17H15N3O2. The summed E-state index contributed by atoms with van der Waals surface area (Å²) in [6.45, 7) is 3.60. The fourth-order valence-corrected chi connectivity index (χ4v) is 2.74. The molecule has 110 valence electrons. The summed E-state index contributed by atoms with van der Waals surface area (Å²) < 4.78 is 0. The van der Waals surface area contributed by atoms with E-state index in [9.17, 15) is 9.59 Å². The summed E-state index contributed by atoms with van der Waals surface area (Å²) in [6, 6.07) is 10.3. The van der Waals surface area contributed by atoms with Gasteiger partial charge in [-0.05, 0) is 49.2 Å². The lowest BCUT2D eigenvalue weighted by atomic mass is 10.0. The predicted molar refractivity (Wildman–Crippen MR) is 84.5 cm³/mol. The molecule has 0 unspecified atom stereocenters. The predicted octanol–water partition coefficient (Wildman–Crippen LogP) is 2.39. The van der Waals surface area contributed by atoms with Gasteiger partial charge in [-0.25, -0.2) is 4.90 Å². The first-order valence-corrected chi connectivity index (χ1v) is 6.85. The number of imide groups is 1. The molecule has 0 aliphatic carbocycles. The highest BCUT2D eigenvalue weighted by Gasteiger charge is 2.37. The van der Waals surface area contributed by atoms with Crippen LogP contribution in [-0.2, 0) is 0 Å². The van der Waals surface area contributed by atoms with Crippen LogP contribution in [0.1, 0.15) is 37.4 Å². The van der Waals surface area contributed by atoms with Crippen molar-refractivity contribution in [2.75, 3.05) is 4.90 Å². The zero-order chi connectivity index (χ0) is 16.0. The molecule has 0 fully saturated rings. The Balaban J connectivity index is 2.14. The molecule has 0 radical (unpaired) electrons. The van der Waals surface area contributed by atoms with Gasteiger partial charge in [0.2, 0.25) is 0 Å². The molecule has 5 heteroatoms. The minimum absolute atomic E-state index is 0.0329. The number of carbonyl (C=O) groups is 2. The zero-order valence-corrected chi connectivity index (χ0v) is 12.3. The van der Waals surface area contributed by atoms with E-state index in [0.29, 0.717) is 22.4 Å². The fourth-order valence-electron chi connectivity index (χ4n) is 2.74. The topological polar surface area (TPSA) is 87.2 Å². The van der Waals surface area contributed by atoms with Crippen LogP contribution in [0.5, 0.6) is 0 Å². The Morgan fingerprint density at radius 2 is 1.55 bits per heavy atom. The summed E-state index contributed by atoms with van der Waals surface area (Å²) in [5.74, 6) is -0.674. The van der Waals surface area contributed by atoms with Gasteiger partial charge in [0.15, 0.2) is 0 Å². The summed E-state index contributed by atoms with van der Waals surface area (Å²) in [5, 5.41) is 7.57. The molecule has 2 amide bonds. The number of hydrogen-bond acceptors (Lipinski definition) is 3. The summed E-state index contributed by atoms with van der Waals surface area (Å²) in [5.41, 5.74) is 9.01. The van der Waals surface area contributed by atoms with Crippen molar-refractivity contribution in [1.29, 1.82) is 5.41 Å². The van der Waals surface area contributed by atoms with Gasteiger partial charge in [-0.1, -0.05) is 12.1 Å². The van der Waals surface area contributed by atoms with E-state index in [4.69, 9.17) is 11.1 Å². The molecule has 5 nitrogen and oxygen atoms in total. The number of anilines is 1. The van der Waals surface area contributed by atoms with Crippen LogP contribution < -0.4 is 10.6 Å². The van der Waals surface area contributed by atoms with E-state index in [2.05, 4.69) is 0 Å². The second-order valence-electron chi connectivity index (χ2n) is 5.36. The van der Waals surface area contributed by atoms with Crippen LogP contribution in [0.3, 0.4) is 0 Å². The van der Waals surface area contributed by atoms with Crippen LogP contribution in [-0.4, -0.2) is 17.6 Å². The summed E-state index contributed by atoms with van der Waals surface area (Å²) in [6.07, 6.45) is 0. The number of nitrogens with two attached hydrogens (primary N) is 1. The molecule has 0 spiro atoms. The Morgan fingerprint density at radius 1 is 1.00 bits per heavy atom. The van der Waals surface area contributed by atoms with Gasteiger partial charge in [-0.3, -0.25) is 15.0 Å². The lowest BCUT2D eigenvalue weighted by Gasteiger charge is -2.19. The van der Waals surface area contributed by atoms with Gasteiger partial charge >= 0.3 is 0 Å². The maximum Gasteiger partial charge on any atom is 0.266 e. The number of nitrogen functional groups attached to an aromatic ring is 1. The minimum Gasteiger partial charge on any atom is -0.384 e. The molecule has 22 heavy (non-hydrogen) atoms. The van der Waals surface area contributed by atoms with Gasteiger partial charge in [0, 0.05) is 5.56 Å². The van der Waals surface area contributed by atoms with E-state index in [1.54, 1.807) is 50.2 Å². The molecule has 2 aromatic rings. The normalized spacial score (nSPS) is 13.5. The molecule has 1 heterocycles. The van der Waals surface area contributed by atoms with Gasteiger partial charge in [-0.2, -0.15) is 0 Å². The van der Waals surface area contributed by atoms with E-state index in [1.807, 2.05) is 0 Å². The third-order valence-corrected chi connectivity index (χ3v) is 3.87. The Bertz CT molecular complexity index is 805. The maximum absolute atomic E-state index is 12.5. The highest BCUT2D eigenvalue weighted by molar-refractivity contribution is 6.34. The third kappa shape index (κ3) is 1.90. The molecule has 3 rings (SSSR count). The Hall–Kier alpha value is -2.95. The van der Waals surface area contributed by atoms with E-state index in [1.165, 1.54) is 4.90 Å². The van der Waals surface area contributed by atoms with Crippen molar-refractivity contribution in [3.63, 3.8) is 0 Å². The average Bonchev–Trinajstić information content (AvgIpc) is 2.73. The van der Waals surface area contributed by atoms with Gasteiger partial charge in [0.05, 0.1) is 16.8 Å². The van der Waals surface area contributed by atoms with Gasteiger partial charge in [-0.15, -0.1) is 0 Å². The first kappa shape index (κ1) is 14.0. The second kappa shape index (κ2) is 4.80. The lowest BCUT2D eigenvalue weighted by Crippen LogP contribution is -2.30. The van der Waals surface area contributed by atoms with Crippen LogP contribution in [0.4, 0.5) is 5.69 Å². The van der Waals surface area contributed by atoms with Crippen LogP contribution in [0.15, 0.2) is 36.4 Å². The minimum atomic E-state index is -0.321. The van der Waals surface area contributed by atoms with Crippen molar-refractivity contribution < 1.29 is 9.59 Å². The Labute approximate surface area is 127 Å². The smallest absolute Gasteiger partial charge is 0.266 e. The zero-order valence-electron chi connectivity index (χ0n) is 12.3. The Morgan fingerprint density at radius 3 is 2.05 bits per heavy atom. The summed E-state index contributed by atoms with van der Waals surface area (Å²) >= 11 is 0. The van der Waals surface area contributed by atoms with E-state index in [-0.39, 0.29) is 17.6 Å². The number of benzene rings is 2. The number of amidine groups is 1. The lowest BCUT2D eigenvalue weighted by molar-refractivity contribution is 0.0926. The largest absolute Gasteiger partial charge is 0.384 e. The van der Waals surface area contributed by atoms with Crippen LogP contribution in [0.25, 0.3) is 0 Å². The van der Waals surface area contributed by atoms with Crippen LogP contribution in [0, 0.1) is 19.3 Å². The molecule has 1 aliphatic rings. The van der Waals surface area contributed by atoms with E-state index >= 15 is 0 Å². The average molecular weight is 293 g/mol. The van der Waals surface area contributed by atoms with Crippen molar-refractivity contribution in [3.05, 3.63) is 64.2 Å². The molecule has 0 bridgehead atoms. The van der Waals surface area contributed by atoms with Crippen LogP contribution >= 0.6 is 0 Å². The monoisotopic (exact) mass is 293 g/mol. The first-order chi connectivity index (χ1) is 10.4. The van der Waals surface area contributed by atoms with Gasteiger partial charge in [0.25, 0.3) is 11.8 Å². The third-order valence-electron chi connectivity index (χ3n) is 3.87. The number of fused-ring (bicyclic) bond motifs is 1. The quantitative estimate of drug-likeness (QED) is 0.506. The van der Waals surface area contributed by atoms with E-state index < -0.39 is 0 Å². The maximum atomic E-state index is 12.5. The standard InChI is InChI=1S/C17H15N3O2/c1-9-8-14(10(2)7-13(9)15(18)19)20-16(21)11-5-3-4-6-12(11)17(20)22/h3-8H,1-2H3,(H3,18,19). The Kier molecular flexibility index (Phi) is 3.06. The molecule has 1 aliphatic heterocycles. The molecule has 3 N–H and O–H groups in total. The highest BCUT2D eigenvalue weighted by atomic mass is 16.2. The first-order valence-electron chi connectivity index (χ1n) is 6.85. The van der Waals surface area contributed by atoms with Gasteiger partial charge in [0.1, 0.15) is 5.84 Å². The van der Waals surface area contributed by atoms with Crippen molar-refractivity contribution in [3.8, 4) is 0 Å². The number of nitrogens with one attached hydrogen (secondary N) is 1. The number of rotatable bonds is 2. The molecule has 0 aromatic heterocycles. The van der Waals surface area contributed by atoms with Crippen molar-refractivity contribution in [2.24, 2.45) is 5.73 Å². The molecule has 0 saturated heterocycles. The molecular weight excluding hydrogens is 278 g/mol. The van der Waals surface area contributed by atoms with E-state index in [0.717, 1.165) is 11.1 Å². The van der Waals surface area contributed by atoms with Crippen molar-refractivity contribution in [2.45, 2.75) is 13.8 Å². The second-order valence-corrected chi connectivity index (χ2v) is 5.36. The molecule has 2 aromatic carbocycles. The van der Waals surface area contributed by atoms with Gasteiger partial charge < -0.3 is 5.73 Å². The SMILES string of the molecule is Cc1cc(N2C(=O)c3ccccc3C2=O)c(C)cc1C(=N)N. The van der Waals surface area contributed by atoms with Crippen LogP contribution in [0.2, 0.25) is 0 Å². The molecule has 0 atom stereocenters. The number of aryl methyl sites for hydroxylation is 2. The number of hydrogen-bond donors (Lipinski definition) is 2. The number of amides is 2. The highest BCUT2D eigenvalue weighted by Crippen LogP contribution is 2.32. The molecule has 0 saturated carbocycles. The fraction of sp³-hybridized carbons (Fsp3) is 0.118.